The van der Waals surface area contributed by atoms with Crippen LogP contribution in [0.4, 0.5) is 0 Å². The Bertz CT molecular complexity index is 926. The first-order valence-corrected chi connectivity index (χ1v) is 9.71. The summed E-state index contributed by atoms with van der Waals surface area (Å²) in [6.45, 7) is 7.20. The lowest BCUT2D eigenvalue weighted by Gasteiger charge is -2.36. The van der Waals surface area contributed by atoms with E-state index in [1.807, 2.05) is 13.0 Å². The maximum atomic E-state index is 8.97. The molecule has 0 unspecified atom stereocenters. The van der Waals surface area contributed by atoms with Gasteiger partial charge in [-0.1, -0.05) is 18.2 Å². The number of aromatic nitrogens is 1. The Kier molecular flexibility index (Phi) is 4.80. The third kappa shape index (κ3) is 3.52. The van der Waals surface area contributed by atoms with E-state index in [-0.39, 0.29) is 6.10 Å². The summed E-state index contributed by atoms with van der Waals surface area (Å²) in [5.74, 6) is 0.736. The van der Waals surface area contributed by atoms with Crippen LogP contribution in [0.2, 0.25) is 5.02 Å². The Balaban J connectivity index is 1.36. The molecule has 0 saturated heterocycles. The lowest BCUT2D eigenvalue weighted by Crippen LogP contribution is -2.36. The number of nitriles is 1. The van der Waals surface area contributed by atoms with Crippen LogP contribution < -0.4 is 4.74 Å². The minimum Gasteiger partial charge on any atom is -0.490 e. The number of fused-ring (bicyclic) bond motifs is 1. The molecule has 0 amide bonds. The quantitative estimate of drug-likeness (QED) is 0.745. The molecule has 4 rings (SSSR count). The van der Waals surface area contributed by atoms with Crippen molar-refractivity contribution in [2.75, 3.05) is 0 Å². The molecule has 0 spiro atoms. The van der Waals surface area contributed by atoms with Crippen molar-refractivity contribution in [2.24, 2.45) is 0 Å². The van der Waals surface area contributed by atoms with Crippen LogP contribution in [-0.2, 0) is 6.54 Å². The van der Waals surface area contributed by atoms with Crippen LogP contribution in [0.1, 0.15) is 48.2 Å². The van der Waals surface area contributed by atoms with Gasteiger partial charge in [-0.3, -0.25) is 4.98 Å². The van der Waals surface area contributed by atoms with Crippen molar-refractivity contribution in [3.8, 4) is 11.8 Å². The molecule has 2 aliphatic rings. The van der Waals surface area contributed by atoms with Crippen LogP contribution >= 0.6 is 11.6 Å². The highest BCUT2D eigenvalue weighted by atomic mass is 35.5. The van der Waals surface area contributed by atoms with Gasteiger partial charge in [-0.15, -0.1) is 0 Å². The number of ether oxygens (including phenoxy) is 1. The van der Waals surface area contributed by atoms with Crippen molar-refractivity contribution < 1.29 is 4.74 Å². The topological polar surface area (TPSA) is 49.2 Å². The second-order valence-corrected chi connectivity index (χ2v) is 7.73. The molecule has 4 nitrogen and oxygen atoms in total. The molecule has 1 aliphatic heterocycles. The molecule has 1 saturated carbocycles. The minimum atomic E-state index is 0.184. The van der Waals surface area contributed by atoms with Crippen molar-refractivity contribution >= 4 is 17.3 Å². The van der Waals surface area contributed by atoms with E-state index >= 15 is 0 Å². The van der Waals surface area contributed by atoms with E-state index in [1.54, 1.807) is 12.1 Å². The number of benzene rings is 1. The highest BCUT2D eigenvalue weighted by Gasteiger charge is 2.32. The summed E-state index contributed by atoms with van der Waals surface area (Å²) in [6, 6.07) is 12.0. The summed E-state index contributed by atoms with van der Waals surface area (Å²) in [6.07, 6.45) is 4.31. The van der Waals surface area contributed by atoms with Gasteiger partial charge < -0.3 is 9.64 Å². The summed E-state index contributed by atoms with van der Waals surface area (Å²) in [5.41, 5.74) is 4.96. The van der Waals surface area contributed by atoms with Crippen molar-refractivity contribution in [1.82, 2.24) is 9.88 Å². The number of aryl methyl sites for hydroxylation is 1. The first-order chi connectivity index (χ1) is 13.0. The number of hydrogen-bond donors (Lipinski definition) is 0. The van der Waals surface area contributed by atoms with Crippen molar-refractivity contribution in [1.29, 1.82) is 5.26 Å². The van der Waals surface area contributed by atoms with Gasteiger partial charge in [0.1, 0.15) is 11.8 Å². The van der Waals surface area contributed by atoms with E-state index < -0.39 is 0 Å². The molecule has 0 atom stereocenters. The van der Waals surface area contributed by atoms with Gasteiger partial charge in [0.25, 0.3) is 0 Å². The van der Waals surface area contributed by atoms with Crippen LogP contribution in [0.15, 0.2) is 36.9 Å². The van der Waals surface area contributed by atoms with Gasteiger partial charge in [0.2, 0.25) is 0 Å². The van der Waals surface area contributed by atoms with Gasteiger partial charge in [0, 0.05) is 29.1 Å². The van der Waals surface area contributed by atoms with E-state index in [0.29, 0.717) is 16.6 Å². The molecule has 138 valence electrons. The average Bonchev–Trinajstić information content (AvgIpc) is 2.98. The summed E-state index contributed by atoms with van der Waals surface area (Å²) < 4.78 is 6.10. The zero-order valence-electron chi connectivity index (χ0n) is 15.4. The monoisotopic (exact) mass is 379 g/mol. The molecule has 0 N–H and O–H groups in total. The van der Waals surface area contributed by atoms with Crippen LogP contribution in [0.25, 0.3) is 5.70 Å². The van der Waals surface area contributed by atoms with Crippen LogP contribution in [0.5, 0.6) is 5.75 Å². The Labute approximate surface area is 165 Å². The first kappa shape index (κ1) is 17.9. The predicted octanol–water partition coefficient (Wildman–Crippen LogP) is 5.09. The summed E-state index contributed by atoms with van der Waals surface area (Å²) in [4.78, 5) is 7.09. The van der Waals surface area contributed by atoms with Gasteiger partial charge in [0.15, 0.2) is 0 Å². The van der Waals surface area contributed by atoms with E-state index in [4.69, 9.17) is 21.6 Å². The van der Waals surface area contributed by atoms with Crippen LogP contribution in [0, 0.1) is 18.3 Å². The van der Waals surface area contributed by atoms with Gasteiger partial charge in [-0.25, -0.2) is 0 Å². The Morgan fingerprint density at radius 1 is 1.22 bits per heavy atom. The molecule has 0 bridgehead atoms. The summed E-state index contributed by atoms with van der Waals surface area (Å²) in [5, 5.41) is 9.42. The third-order valence-electron chi connectivity index (χ3n) is 5.54. The Morgan fingerprint density at radius 2 is 2.00 bits per heavy atom. The molecular formula is C22H22ClN3O. The zero-order chi connectivity index (χ0) is 19.0. The number of nitrogens with zero attached hydrogens (tertiary/aromatic N) is 3. The molecule has 1 aliphatic carbocycles. The highest BCUT2D eigenvalue weighted by Crippen LogP contribution is 2.37. The van der Waals surface area contributed by atoms with Gasteiger partial charge >= 0.3 is 0 Å². The van der Waals surface area contributed by atoms with E-state index in [2.05, 4.69) is 34.7 Å². The molecule has 1 aromatic heterocycles. The second kappa shape index (κ2) is 7.25. The average molecular weight is 380 g/mol. The first-order valence-electron chi connectivity index (χ1n) is 9.34. The number of pyridine rings is 1. The van der Waals surface area contributed by atoms with Crippen molar-refractivity contribution in [3.63, 3.8) is 0 Å². The fourth-order valence-electron chi connectivity index (χ4n) is 4.08. The Hall–Kier alpha value is -2.51. The van der Waals surface area contributed by atoms with Crippen LogP contribution in [-0.4, -0.2) is 22.0 Å². The standard InChI is InChI=1S/C22H22ClN3O/c1-14-3-10-20-15(2)26(13-22(20)25-14)17-5-8-18(9-6-17)27-19-7-4-16(12-24)21(23)11-19/h3-4,7,10-11,17-18H,2,5-6,8-9,13H2,1H3/t17-,18-. The largest absolute Gasteiger partial charge is 0.490 e. The molecule has 2 heterocycles. The van der Waals surface area contributed by atoms with Gasteiger partial charge in [-0.05, 0) is 56.9 Å². The predicted molar refractivity (Wildman–Crippen MR) is 106 cm³/mol. The smallest absolute Gasteiger partial charge is 0.121 e. The van der Waals surface area contributed by atoms with Gasteiger partial charge in [0.05, 0.1) is 28.9 Å². The van der Waals surface area contributed by atoms with E-state index in [9.17, 15) is 0 Å². The SMILES string of the molecule is C=C1c2ccc(C)nc2CN1[C@H]1CC[C@H](Oc2ccc(C#N)c(Cl)c2)CC1. The molecule has 0 radical (unpaired) electrons. The fourth-order valence-corrected chi connectivity index (χ4v) is 4.29. The minimum absolute atomic E-state index is 0.184. The summed E-state index contributed by atoms with van der Waals surface area (Å²) >= 11 is 6.10. The van der Waals surface area contributed by atoms with E-state index in [0.717, 1.165) is 55.1 Å². The molecule has 1 aromatic carbocycles. The molecule has 2 aromatic rings. The molecular weight excluding hydrogens is 358 g/mol. The number of halogens is 1. The van der Waals surface area contributed by atoms with Gasteiger partial charge in [-0.2, -0.15) is 5.26 Å². The number of rotatable bonds is 3. The normalized spacial score (nSPS) is 21.7. The second-order valence-electron chi connectivity index (χ2n) is 7.32. The maximum absolute atomic E-state index is 8.97. The molecule has 5 heteroatoms. The highest BCUT2D eigenvalue weighted by molar-refractivity contribution is 6.31. The number of hydrogen-bond acceptors (Lipinski definition) is 4. The van der Waals surface area contributed by atoms with Crippen molar-refractivity contribution in [2.45, 2.75) is 51.3 Å². The molecule has 1 fully saturated rings. The lowest BCUT2D eigenvalue weighted by molar-refractivity contribution is 0.113. The summed E-state index contributed by atoms with van der Waals surface area (Å²) in [7, 11) is 0. The van der Waals surface area contributed by atoms with Crippen LogP contribution in [0.3, 0.4) is 0 Å². The zero-order valence-corrected chi connectivity index (χ0v) is 16.2. The molecule has 27 heavy (non-hydrogen) atoms. The maximum Gasteiger partial charge on any atom is 0.121 e. The van der Waals surface area contributed by atoms with E-state index in [1.165, 1.54) is 5.56 Å². The third-order valence-corrected chi connectivity index (χ3v) is 5.85. The lowest BCUT2D eigenvalue weighted by atomic mass is 9.91. The fraction of sp³-hybridized carbons (Fsp3) is 0.364. The van der Waals surface area contributed by atoms with Crippen molar-refractivity contribution in [3.05, 3.63) is 64.4 Å². The Morgan fingerprint density at radius 3 is 2.70 bits per heavy atom.